The van der Waals surface area contributed by atoms with Gasteiger partial charge in [0.1, 0.15) is 12.1 Å². The Hall–Kier alpha value is -2.51. The van der Waals surface area contributed by atoms with Gasteiger partial charge in [0.2, 0.25) is 0 Å². The summed E-state index contributed by atoms with van der Waals surface area (Å²) in [5.41, 5.74) is 24.5. The fraction of sp³-hybridized carbons (Fsp3) is 0.829. The summed E-state index contributed by atoms with van der Waals surface area (Å²) in [6.07, 6.45) is 5.54. The van der Waals surface area contributed by atoms with Gasteiger partial charge in [-0.3, -0.25) is 38.9 Å². The number of carbonyl (C=O) groups is 3. The zero-order valence-corrected chi connectivity index (χ0v) is 47.1. The molecule has 0 heterocycles. The average Bonchev–Trinajstić information content (AvgIpc) is 3.08. The van der Waals surface area contributed by atoms with Gasteiger partial charge < -0.3 is 87.1 Å². The van der Waals surface area contributed by atoms with Crippen LogP contribution in [0.1, 0.15) is 157 Å². The van der Waals surface area contributed by atoms with Crippen LogP contribution in [-0.2, 0) is 42.8 Å². The molecule has 0 aromatic heterocycles. The van der Waals surface area contributed by atoms with E-state index in [9.17, 15) is 27.8 Å². The third-order valence-corrected chi connectivity index (χ3v) is 7.78. The number of hydrogen-bond acceptors (Lipinski definition) is 14. The van der Waals surface area contributed by atoms with Gasteiger partial charge in [0.05, 0.1) is 21.8 Å². The topological polar surface area (TPSA) is 549 Å². The van der Waals surface area contributed by atoms with E-state index < -0.39 is 51.9 Å². The van der Waals surface area contributed by atoms with E-state index in [1.54, 1.807) is 6.92 Å². The molecule has 0 bridgehead atoms. The van der Waals surface area contributed by atoms with Crippen LogP contribution in [0.15, 0.2) is 4.99 Å². The van der Waals surface area contributed by atoms with E-state index in [0.29, 0.717) is 19.2 Å². The van der Waals surface area contributed by atoms with Crippen molar-refractivity contribution >= 4 is 76.2 Å². The number of carboxylic acids is 1. The van der Waals surface area contributed by atoms with Crippen molar-refractivity contribution in [3.8, 4) is 0 Å². The third kappa shape index (κ3) is 475. The van der Waals surface area contributed by atoms with E-state index in [1.807, 2.05) is 27.7 Å². The molecule has 21 N–H and O–H groups in total. The van der Waals surface area contributed by atoms with Crippen LogP contribution < -0.4 is 28.7 Å². The number of ketones is 1. The molecule has 0 spiro atoms. The van der Waals surface area contributed by atoms with Crippen LogP contribution in [-0.4, -0.2) is 130 Å². The minimum atomic E-state index is -4.66. The predicted molar refractivity (Wildman–Crippen MR) is 276 cm³/mol. The fourth-order valence-electron chi connectivity index (χ4n) is 0.854. The van der Waals surface area contributed by atoms with Crippen LogP contribution in [0.25, 0.3) is 0 Å². The maximum absolute atomic E-state index is 10.4. The van der Waals surface area contributed by atoms with E-state index in [0.717, 1.165) is 25.9 Å². The predicted octanol–water partition coefficient (Wildman–Crippen LogP) is 4.90. The lowest BCUT2D eigenvalue weighted by Crippen LogP contribution is -2.22. The van der Waals surface area contributed by atoms with E-state index >= 15 is 0 Å². The molecule has 32 heteroatoms. The molecule has 0 saturated heterocycles. The first-order chi connectivity index (χ1) is 29.2. The molecule has 0 radical (unpaired) electrons. The molecule has 0 saturated carbocycles. The van der Waals surface area contributed by atoms with Crippen molar-refractivity contribution in [1.82, 2.24) is 0 Å². The number of aliphatic imine (C=N–C) groups is 1. The largest absolute Gasteiger partial charge is 0.748 e. The molecule has 0 aromatic rings. The number of amidine groups is 2. The molecule has 0 unspecified atom stereocenters. The number of carboxylic acid groups (broad SMARTS) is 1. The lowest BCUT2D eigenvalue weighted by molar-refractivity contribution is -0.136. The second kappa shape index (κ2) is 77.7. The molecule has 0 aliphatic rings. The number of nitrogens with two attached hydrogens (primary N) is 5. The Morgan fingerprint density at radius 3 is 0.881 bits per heavy atom. The van der Waals surface area contributed by atoms with E-state index in [4.69, 9.17) is 102 Å². The van der Waals surface area contributed by atoms with E-state index in [1.165, 1.54) is 54.4 Å². The monoisotopic (exact) mass is 1090 g/mol. The number of guanidine groups is 1. The van der Waals surface area contributed by atoms with Gasteiger partial charge in [-0.2, -0.15) is 0 Å². The molecule has 0 aromatic carbocycles. The highest BCUT2D eigenvalue weighted by atomic mass is 32.2. The highest BCUT2D eigenvalue weighted by molar-refractivity contribution is 7.84. The molecule has 0 aliphatic heterocycles. The maximum atomic E-state index is 10.4. The summed E-state index contributed by atoms with van der Waals surface area (Å²) in [6.45, 7) is 31.0. The van der Waals surface area contributed by atoms with Crippen molar-refractivity contribution < 1.29 is 89.9 Å². The second-order valence-corrected chi connectivity index (χ2v) is 20.2. The van der Waals surface area contributed by atoms with Crippen LogP contribution in [0, 0.1) is 10.8 Å². The Morgan fingerprint density at radius 2 is 0.881 bits per heavy atom. The Bertz CT molecular complexity index is 1300. The summed E-state index contributed by atoms with van der Waals surface area (Å²) < 4.78 is 67.1. The molecular weight excluding hydrogens is 992 g/mol. The molecule has 0 fully saturated rings. The number of nitrogens with zero attached hydrogens (tertiary/aromatic N) is 1. The highest BCUT2D eigenvalue weighted by Gasteiger charge is 2.41. The summed E-state index contributed by atoms with van der Waals surface area (Å²) in [7, 11) is -20.5. The van der Waals surface area contributed by atoms with Crippen molar-refractivity contribution in [3.63, 3.8) is 0 Å². The van der Waals surface area contributed by atoms with Gasteiger partial charge in [0.15, 0.2) is 11.4 Å². The van der Waals surface area contributed by atoms with E-state index in [-0.39, 0.29) is 49.8 Å². The molecule has 0 amide bonds. The highest BCUT2D eigenvalue weighted by Crippen LogP contribution is 2.61. The Labute approximate surface area is 403 Å². The molecule has 420 valence electrons. The third-order valence-electron chi connectivity index (χ3n) is 2.87. The SMILES string of the molecule is C.CC.CC(=N)N.CC(C)=O.CC=O.CCC.CCC.CCC(=N)N.CCC(=O)O.CCC(P(=O)(O)O)P(=O)(O)O.CCCN.CCN=C(N)N.CCP(=O)(O)O.CP(=O)(O)O.CS(=O)(=O)[O-]. The standard InChI is InChI=1S/C3H9N3.C3H8N2.C3H9N.C3H10O6P2.C3H6O2.C3H6O.2C3H8.C2H6N2.C2H7O3P.C2H4O.C2H6.CH5O3P.CH4O3S.CH4/c1-2-6-3(4)5;1-2-3(4)5;1-2-3-4;1-2-3(10(4,5)6)11(7,8)9;1-2-3(4)5;1-3(2)4;2*1-3-2;1-2(3)4;1-2-6(3,4)5;1-2-3;1-2;2*1-5(2,3)4;/h2H2,1H3,(H4,4,5,6);2H2,1H3,(H3,4,5);2-4H2,1H3;3H,2H2,1H3,(H2,4,5,6)(H2,7,8,9);2H2,1H3,(H,4,5);1-2H3;2*3H2,1-2H3;1H3,(H3,3,4);2H2,1H3,(H2,3,4,5);2H,1H3;1-2H3;1H3,(H2,2,3,4);1H3,(H,2,3,4);1H4/p-1. The first kappa shape index (κ1) is 106. The van der Waals surface area contributed by atoms with Crippen LogP contribution in [0.3, 0.4) is 0 Å². The number of aliphatic carboxylic acids is 1. The van der Waals surface area contributed by atoms with Crippen molar-refractivity contribution in [2.75, 3.05) is 32.2 Å². The Balaban J connectivity index is -0.0000000341. The summed E-state index contributed by atoms with van der Waals surface area (Å²) in [5.74, 6) is 0.00694. The summed E-state index contributed by atoms with van der Waals surface area (Å²) in [4.78, 5) is 96.1. The molecular formula is C35H99N8O19P4S-. The van der Waals surface area contributed by atoms with Gasteiger partial charge in [0, 0.05) is 38.5 Å². The zero-order valence-electron chi connectivity index (χ0n) is 42.7. The normalized spacial score (nSPS) is 8.91. The second-order valence-electron chi connectivity index (χ2n) is 11.1. The number of aldehydes is 1. The van der Waals surface area contributed by atoms with Crippen molar-refractivity contribution in [3.05, 3.63) is 0 Å². The van der Waals surface area contributed by atoms with Gasteiger partial charge in [-0.15, -0.1) is 0 Å². The maximum Gasteiger partial charge on any atom is 0.340 e. The number of hydrogen-bond donors (Lipinski definition) is 16. The van der Waals surface area contributed by atoms with Crippen molar-refractivity contribution in [1.29, 1.82) is 10.8 Å². The molecule has 0 aliphatic carbocycles. The summed E-state index contributed by atoms with van der Waals surface area (Å²) in [6, 6.07) is 0. The smallest absolute Gasteiger partial charge is 0.340 e. The first-order valence-electron chi connectivity index (χ1n) is 19.8. The molecule has 27 nitrogen and oxygen atoms in total. The van der Waals surface area contributed by atoms with Gasteiger partial charge in [-0.1, -0.05) is 96.4 Å². The zero-order chi connectivity index (χ0) is 57.7. The average molecular weight is 1090 g/mol. The van der Waals surface area contributed by atoms with Crippen LogP contribution in [0.5, 0.6) is 0 Å². The van der Waals surface area contributed by atoms with E-state index in [2.05, 4.69) is 39.6 Å². The molecule has 67 heavy (non-hydrogen) atoms. The number of Topliss-reactive ketones (excluding diaryl/α,β-unsaturated/α-hetero) is 1. The van der Waals surface area contributed by atoms with Crippen LogP contribution in [0.2, 0.25) is 0 Å². The lowest BCUT2D eigenvalue weighted by atomic mass is 10.5. The van der Waals surface area contributed by atoms with Gasteiger partial charge in [-0.25, -0.2) is 8.42 Å². The van der Waals surface area contributed by atoms with Crippen LogP contribution in [0.4, 0.5) is 0 Å². The number of nitrogens with one attached hydrogen (secondary N) is 2. The number of carbonyl (C=O) groups excluding carboxylic acids is 2. The summed E-state index contributed by atoms with van der Waals surface area (Å²) >= 11 is 0. The molecule has 0 atom stereocenters. The van der Waals surface area contributed by atoms with Gasteiger partial charge in [0.25, 0.3) is 0 Å². The summed E-state index contributed by atoms with van der Waals surface area (Å²) in [5, 5.41) is 18.7. The van der Waals surface area contributed by atoms with Gasteiger partial charge in [-0.05, 0) is 54.0 Å². The Kier molecular flexibility index (Phi) is 123. The molecule has 0 rings (SSSR count). The van der Waals surface area contributed by atoms with Crippen LogP contribution >= 0.6 is 30.4 Å². The van der Waals surface area contributed by atoms with Crippen molar-refractivity contribution in [2.24, 2.45) is 33.7 Å². The van der Waals surface area contributed by atoms with Gasteiger partial charge >= 0.3 is 36.4 Å². The van der Waals surface area contributed by atoms with Crippen molar-refractivity contribution in [2.45, 2.75) is 162 Å². The first-order valence-corrected chi connectivity index (χ1v) is 28.8. The number of rotatable bonds is 8. The minimum absolute atomic E-state index is 0. The quantitative estimate of drug-likeness (QED) is 0.0505. The minimum Gasteiger partial charge on any atom is -0.748 e. The fourth-order valence-corrected chi connectivity index (χ4v) is 3.37. The Morgan fingerprint density at radius 1 is 0.731 bits per heavy atom. The lowest BCUT2D eigenvalue weighted by Gasteiger charge is -2.16.